The first kappa shape index (κ1) is 30.6. The van der Waals surface area contributed by atoms with Crippen molar-refractivity contribution in [2.75, 3.05) is 6.23 Å². The van der Waals surface area contributed by atoms with Gasteiger partial charge >= 0.3 is 6.18 Å². The maximum Gasteiger partial charge on any atom is 0.418 e. The van der Waals surface area contributed by atoms with E-state index in [-0.39, 0.29) is 5.69 Å². The monoisotopic (exact) mass is 861 g/mol. The van der Waals surface area contributed by atoms with E-state index in [9.17, 15) is 18.4 Å². The number of nitrogens with zero attached hydrogens (tertiary/aromatic N) is 3. The average Bonchev–Trinajstić information content (AvgIpc) is 3.68. The standard InChI is InChI=1S/C38H20F3I2N3O2/c39-38(40,41)29-12-2-3-13-31(29)46(43)33-16-7-11-26-27-20-22(18-19-35(27)48-37(26)33)23-9-5-14-30(28(23)21-44)45(42)32-15-6-10-25-24-8-1-4-17-34(24)47-36(25)32/h1-20H. The van der Waals surface area contributed by atoms with Crippen LogP contribution in [-0.4, -0.2) is 0 Å². The molecule has 8 rings (SSSR count). The maximum absolute atomic E-state index is 13.9. The summed E-state index contributed by atoms with van der Waals surface area (Å²) >= 11 is 4.09. The molecule has 0 aliphatic carbocycles. The van der Waals surface area contributed by atoms with E-state index < -0.39 is 11.7 Å². The molecule has 0 bridgehead atoms. The van der Waals surface area contributed by atoms with E-state index in [1.165, 1.54) is 15.2 Å². The van der Waals surface area contributed by atoms with Crippen LogP contribution in [0.2, 0.25) is 0 Å². The molecule has 2 heterocycles. The molecule has 0 aliphatic rings. The fraction of sp³-hybridized carbons (Fsp3) is 0.0263. The molecule has 0 N–H and O–H groups in total. The van der Waals surface area contributed by atoms with Crippen molar-refractivity contribution in [3.63, 3.8) is 0 Å². The predicted octanol–water partition coefficient (Wildman–Crippen LogP) is 13.0. The van der Waals surface area contributed by atoms with Gasteiger partial charge < -0.3 is 8.83 Å². The Morgan fingerprint density at radius 2 is 1.10 bits per heavy atom. The number of fused-ring (bicyclic) bond motifs is 6. The van der Waals surface area contributed by atoms with Crippen LogP contribution in [0.25, 0.3) is 55.0 Å². The summed E-state index contributed by atoms with van der Waals surface area (Å²) in [5.41, 5.74) is 5.85. The molecule has 0 radical (unpaired) electrons. The average molecular weight is 861 g/mol. The van der Waals surface area contributed by atoms with Gasteiger partial charge in [0.2, 0.25) is 0 Å². The minimum absolute atomic E-state index is 0.0106. The zero-order chi connectivity index (χ0) is 33.2. The number of halogens is 5. The highest BCUT2D eigenvalue weighted by Gasteiger charge is 2.35. The van der Waals surface area contributed by atoms with Crippen LogP contribution >= 0.6 is 45.7 Å². The molecule has 0 unspecified atom stereocenters. The molecule has 0 aliphatic heterocycles. The third-order valence-corrected chi connectivity index (χ3v) is 10.5. The Hall–Kier alpha value is -4.74. The molecular weight excluding hydrogens is 841 g/mol. The topological polar surface area (TPSA) is 56.6 Å². The van der Waals surface area contributed by atoms with Crippen molar-refractivity contribution in [2.45, 2.75) is 6.18 Å². The van der Waals surface area contributed by atoms with E-state index >= 15 is 0 Å². The fourth-order valence-corrected chi connectivity index (χ4v) is 7.78. The van der Waals surface area contributed by atoms with Gasteiger partial charge in [-0.1, -0.05) is 72.8 Å². The van der Waals surface area contributed by atoms with Gasteiger partial charge in [-0.3, -0.25) is 6.23 Å². The van der Waals surface area contributed by atoms with Crippen LogP contribution in [0, 0.1) is 11.3 Å². The molecule has 234 valence electrons. The number of anilines is 4. The zero-order valence-corrected chi connectivity index (χ0v) is 28.9. The van der Waals surface area contributed by atoms with Gasteiger partial charge in [0.1, 0.15) is 17.2 Å². The largest absolute Gasteiger partial charge is 0.454 e. The van der Waals surface area contributed by atoms with Gasteiger partial charge in [0.25, 0.3) is 0 Å². The summed E-state index contributed by atoms with van der Waals surface area (Å²) in [7, 11) is 0. The Morgan fingerprint density at radius 3 is 1.81 bits per heavy atom. The van der Waals surface area contributed by atoms with E-state index in [1.54, 1.807) is 18.2 Å². The molecule has 6 aromatic carbocycles. The van der Waals surface area contributed by atoms with Gasteiger partial charge in [0.15, 0.2) is 11.2 Å². The van der Waals surface area contributed by atoms with Crippen molar-refractivity contribution in [1.29, 1.82) is 5.26 Å². The molecule has 10 heteroatoms. The first-order chi connectivity index (χ1) is 23.2. The molecule has 5 nitrogen and oxygen atoms in total. The first-order valence-electron chi connectivity index (χ1n) is 14.7. The van der Waals surface area contributed by atoms with Gasteiger partial charge in [-0.05, 0) is 54.1 Å². The lowest BCUT2D eigenvalue weighted by molar-refractivity contribution is -0.137. The number of alkyl halides is 3. The first-order valence-corrected chi connectivity index (χ1v) is 16.6. The van der Waals surface area contributed by atoms with E-state index in [0.29, 0.717) is 28.1 Å². The van der Waals surface area contributed by atoms with Crippen LogP contribution in [0.3, 0.4) is 0 Å². The number of nitriles is 1. The summed E-state index contributed by atoms with van der Waals surface area (Å²) in [5, 5.41) is 14.0. The normalized spacial score (nSPS) is 11.8. The van der Waals surface area contributed by atoms with Gasteiger partial charge in [0.05, 0.1) is 79.6 Å². The summed E-state index contributed by atoms with van der Waals surface area (Å²) in [6.45, 7) is 0. The molecule has 0 saturated heterocycles. The highest BCUT2D eigenvalue weighted by Crippen LogP contribution is 2.46. The molecular formula is C38H20F3I2N3O2. The lowest BCUT2D eigenvalue weighted by atomic mass is 9.97. The Balaban J connectivity index is 1.23. The molecule has 0 saturated carbocycles. The van der Waals surface area contributed by atoms with Crippen molar-refractivity contribution >= 4 is 112 Å². The molecule has 0 spiro atoms. The maximum atomic E-state index is 13.9. The minimum Gasteiger partial charge on any atom is -0.454 e. The lowest BCUT2D eigenvalue weighted by Crippen LogP contribution is -2.12. The summed E-state index contributed by atoms with van der Waals surface area (Å²) < 4.78 is 57.6. The van der Waals surface area contributed by atoms with E-state index in [4.69, 9.17) is 8.83 Å². The summed E-state index contributed by atoms with van der Waals surface area (Å²) in [4.78, 5) is 0. The highest BCUT2D eigenvalue weighted by atomic mass is 127. The van der Waals surface area contributed by atoms with Crippen molar-refractivity contribution in [3.8, 4) is 17.2 Å². The van der Waals surface area contributed by atoms with E-state index in [1.807, 2.05) is 111 Å². The molecule has 2 aromatic heterocycles. The molecule has 8 aromatic rings. The number of benzene rings is 6. The number of hydrogen-bond acceptors (Lipinski definition) is 5. The van der Waals surface area contributed by atoms with Gasteiger partial charge in [-0.2, -0.15) is 18.4 Å². The van der Waals surface area contributed by atoms with E-state index in [0.717, 1.165) is 55.6 Å². The summed E-state index contributed by atoms with van der Waals surface area (Å²) in [6.07, 6.45) is -4.52. The number of para-hydroxylation sites is 4. The molecule has 0 fully saturated rings. The zero-order valence-electron chi connectivity index (χ0n) is 24.6. The Bertz CT molecular complexity index is 2590. The summed E-state index contributed by atoms with van der Waals surface area (Å²) in [5.74, 6) is 0. The Labute approximate surface area is 299 Å². The number of hydrogen-bond donors (Lipinski definition) is 0. The Kier molecular flexibility index (Phi) is 7.48. The second-order valence-electron chi connectivity index (χ2n) is 11.1. The third-order valence-electron chi connectivity index (χ3n) is 8.38. The third kappa shape index (κ3) is 4.95. The van der Waals surface area contributed by atoms with Gasteiger partial charge in [0, 0.05) is 27.1 Å². The Morgan fingerprint density at radius 1 is 0.562 bits per heavy atom. The van der Waals surface area contributed by atoms with Crippen LogP contribution in [0.5, 0.6) is 0 Å². The van der Waals surface area contributed by atoms with Crippen molar-refractivity contribution < 1.29 is 22.0 Å². The van der Waals surface area contributed by atoms with Gasteiger partial charge in [-0.25, -0.2) is 0 Å². The van der Waals surface area contributed by atoms with Crippen LogP contribution in [0.15, 0.2) is 130 Å². The van der Waals surface area contributed by atoms with Crippen LogP contribution in [-0.2, 0) is 6.18 Å². The second-order valence-corrected chi connectivity index (χ2v) is 13.0. The lowest BCUT2D eigenvalue weighted by Gasteiger charge is -2.21. The van der Waals surface area contributed by atoms with Crippen molar-refractivity contribution in [3.05, 3.63) is 132 Å². The molecule has 0 amide bonds. The van der Waals surface area contributed by atoms with E-state index in [2.05, 4.69) is 28.9 Å². The molecule has 0 atom stereocenters. The van der Waals surface area contributed by atoms with Crippen molar-refractivity contribution in [1.82, 2.24) is 0 Å². The quantitative estimate of drug-likeness (QED) is 0.127. The number of rotatable bonds is 5. The van der Waals surface area contributed by atoms with Gasteiger partial charge in [-0.15, -0.1) is 0 Å². The SMILES string of the molecule is N#Cc1c(-c2ccc3oc4c(N(I)c5ccccc5C(F)(F)F)cccc4c3c2)cccc1N(I)c1cccc2c1oc1ccccc12. The smallest absolute Gasteiger partial charge is 0.418 e. The summed E-state index contributed by atoms with van der Waals surface area (Å²) in [6, 6.07) is 38.6. The number of furan rings is 2. The minimum atomic E-state index is -4.52. The highest BCUT2D eigenvalue weighted by molar-refractivity contribution is 14.1. The fourth-order valence-electron chi connectivity index (χ4n) is 6.20. The van der Waals surface area contributed by atoms with Crippen LogP contribution in [0.4, 0.5) is 35.9 Å². The van der Waals surface area contributed by atoms with Crippen LogP contribution in [0.1, 0.15) is 11.1 Å². The van der Waals surface area contributed by atoms with Crippen molar-refractivity contribution in [2.24, 2.45) is 0 Å². The second kappa shape index (κ2) is 11.7. The van der Waals surface area contributed by atoms with Crippen LogP contribution < -0.4 is 6.23 Å². The molecule has 48 heavy (non-hydrogen) atoms. The predicted molar refractivity (Wildman–Crippen MR) is 201 cm³/mol.